The van der Waals surface area contributed by atoms with Gasteiger partial charge in [0.1, 0.15) is 12.4 Å². The van der Waals surface area contributed by atoms with Crippen molar-refractivity contribution in [1.29, 1.82) is 0 Å². The highest BCUT2D eigenvalue weighted by molar-refractivity contribution is 5.91. The molecule has 0 aliphatic carbocycles. The monoisotopic (exact) mass is 340 g/mol. The molecule has 2 aromatic rings. The molecule has 0 spiro atoms. The lowest BCUT2D eigenvalue weighted by atomic mass is 10.2. The number of carbonyl (C=O) groups is 1. The molecule has 6 nitrogen and oxygen atoms in total. The molecule has 0 saturated heterocycles. The summed E-state index contributed by atoms with van der Waals surface area (Å²) in [6.07, 6.45) is 2.89. The number of aryl methyl sites for hydroxylation is 1. The lowest BCUT2D eigenvalue weighted by Gasteiger charge is -2.14. The summed E-state index contributed by atoms with van der Waals surface area (Å²) < 4.78 is 5.61. The van der Waals surface area contributed by atoms with Crippen molar-refractivity contribution in [3.63, 3.8) is 0 Å². The normalized spacial score (nSPS) is 11.9. The van der Waals surface area contributed by atoms with Crippen LogP contribution in [0.4, 0.5) is 5.69 Å². The number of hydrogen-bond donors (Lipinski definition) is 1. The minimum Gasteiger partial charge on any atom is -0.491 e. The molecule has 1 N–H and O–H groups in total. The predicted molar refractivity (Wildman–Crippen MR) is 96.4 cm³/mol. The van der Waals surface area contributed by atoms with Gasteiger partial charge in [-0.1, -0.05) is 29.8 Å². The fourth-order valence-corrected chi connectivity index (χ4v) is 2.10. The highest BCUT2D eigenvalue weighted by Crippen LogP contribution is 2.14. The Morgan fingerprint density at radius 3 is 2.68 bits per heavy atom. The number of rotatable bonds is 7. The Morgan fingerprint density at radius 2 is 2.00 bits per heavy atom. The Bertz CT molecular complexity index is 769. The van der Waals surface area contributed by atoms with E-state index in [4.69, 9.17) is 4.74 Å². The van der Waals surface area contributed by atoms with Crippen LogP contribution in [0.1, 0.15) is 18.1 Å². The first-order chi connectivity index (χ1) is 11.9. The van der Waals surface area contributed by atoms with Gasteiger partial charge in [-0.25, -0.2) is 0 Å². The molecule has 0 aliphatic rings. The molecule has 1 amide bonds. The number of nitrogens with one attached hydrogen (secondary N) is 1. The van der Waals surface area contributed by atoms with Crippen LogP contribution in [-0.4, -0.2) is 23.5 Å². The Balaban J connectivity index is 1.83. The van der Waals surface area contributed by atoms with Gasteiger partial charge >= 0.3 is 0 Å². The van der Waals surface area contributed by atoms with E-state index < -0.39 is 4.92 Å². The molecular formula is C19H20N2O4. The van der Waals surface area contributed by atoms with Crippen molar-refractivity contribution in [3.8, 4) is 5.75 Å². The number of nitro groups is 1. The number of non-ortho nitro benzene ring substituents is 1. The lowest BCUT2D eigenvalue weighted by molar-refractivity contribution is -0.384. The van der Waals surface area contributed by atoms with Crippen LogP contribution in [-0.2, 0) is 4.79 Å². The summed E-state index contributed by atoms with van der Waals surface area (Å²) in [4.78, 5) is 22.2. The smallest absolute Gasteiger partial charge is 0.270 e. The van der Waals surface area contributed by atoms with Crippen LogP contribution in [0.3, 0.4) is 0 Å². The van der Waals surface area contributed by atoms with E-state index in [2.05, 4.69) is 5.32 Å². The van der Waals surface area contributed by atoms with Crippen molar-refractivity contribution in [2.45, 2.75) is 19.9 Å². The zero-order valence-electron chi connectivity index (χ0n) is 14.1. The molecule has 6 heteroatoms. The van der Waals surface area contributed by atoms with Gasteiger partial charge in [0.15, 0.2) is 0 Å². The van der Waals surface area contributed by atoms with Crippen molar-refractivity contribution in [1.82, 2.24) is 5.32 Å². The van der Waals surface area contributed by atoms with Crippen molar-refractivity contribution in [3.05, 3.63) is 75.8 Å². The highest BCUT2D eigenvalue weighted by Gasteiger charge is 2.07. The molecule has 2 aromatic carbocycles. The molecule has 130 valence electrons. The number of nitrogens with zero attached hydrogens (tertiary/aromatic N) is 1. The summed E-state index contributed by atoms with van der Waals surface area (Å²) in [5, 5.41) is 13.5. The zero-order chi connectivity index (χ0) is 18.2. The first kappa shape index (κ1) is 18.2. The molecule has 2 rings (SSSR count). The van der Waals surface area contributed by atoms with Crippen LogP contribution in [0.2, 0.25) is 0 Å². The third-order valence-electron chi connectivity index (χ3n) is 3.42. The largest absolute Gasteiger partial charge is 0.491 e. The van der Waals surface area contributed by atoms with Crippen LogP contribution in [0, 0.1) is 17.0 Å². The summed E-state index contributed by atoms with van der Waals surface area (Å²) in [7, 11) is 0. The van der Waals surface area contributed by atoms with E-state index in [9.17, 15) is 14.9 Å². The van der Waals surface area contributed by atoms with Crippen LogP contribution < -0.4 is 10.1 Å². The van der Waals surface area contributed by atoms with Crippen molar-refractivity contribution < 1.29 is 14.5 Å². The number of ether oxygens (including phenoxy) is 1. The first-order valence-electron chi connectivity index (χ1n) is 7.86. The second-order valence-electron chi connectivity index (χ2n) is 5.72. The minimum atomic E-state index is -0.470. The quantitative estimate of drug-likeness (QED) is 0.475. The van der Waals surface area contributed by atoms with E-state index >= 15 is 0 Å². The summed E-state index contributed by atoms with van der Waals surface area (Å²) in [5.74, 6) is 0.463. The lowest BCUT2D eigenvalue weighted by Crippen LogP contribution is -2.35. The second-order valence-corrected chi connectivity index (χ2v) is 5.72. The van der Waals surface area contributed by atoms with Crippen molar-refractivity contribution >= 4 is 17.7 Å². The van der Waals surface area contributed by atoms with Gasteiger partial charge in [0.25, 0.3) is 5.69 Å². The number of hydrogen-bond acceptors (Lipinski definition) is 4. The van der Waals surface area contributed by atoms with Gasteiger partial charge < -0.3 is 10.1 Å². The van der Waals surface area contributed by atoms with Gasteiger partial charge in [0.2, 0.25) is 5.91 Å². The molecule has 0 fully saturated rings. The first-order valence-corrected chi connectivity index (χ1v) is 7.86. The number of nitro benzene ring substituents is 1. The number of amides is 1. The maximum atomic E-state index is 11.9. The van der Waals surface area contributed by atoms with Crippen LogP contribution >= 0.6 is 0 Å². The SMILES string of the molecule is Cc1ccc(OCC(C)NC(=O)C=Cc2cccc([N+](=O)[O-])c2)cc1. The van der Waals surface area contributed by atoms with Crippen molar-refractivity contribution in [2.75, 3.05) is 6.61 Å². The van der Waals surface area contributed by atoms with E-state index in [1.54, 1.807) is 12.1 Å². The molecule has 0 aliphatic heterocycles. The summed E-state index contributed by atoms with van der Waals surface area (Å²) >= 11 is 0. The minimum absolute atomic E-state index is 0.0116. The van der Waals surface area contributed by atoms with E-state index in [0.29, 0.717) is 12.2 Å². The van der Waals surface area contributed by atoms with Gasteiger partial charge in [-0.2, -0.15) is 0 Å². The van der Waals surface area contributed by atoms with Crippen LogP contribution in [0.5, 0.6) is 5.75 Å². The molecule has 25 heavy (non-hydrogen) atoms. The van der Waals surface area contributed by atoms with Crippen molar-refractivity contribution in [2.24, 2.45) is 0 Å². The Labute approximate surface area is 146 Å². The zero-order valence-corrected chi connectivity index (χ0v) is 14.1. The Kier molecular flexibility index (Phi) is 6.28. The number of carbonyl (C=O) groups excluding carboxylic acids is 1. The maximum absolute atomic E-state index is 11.9. The van der Waals surface area contributed by atoms with Gasteiger partial charge in [-0.05, 0) is 37.6 Å². The molecule has 0 radical (unpaired) electrons. The summed E-state index contributed by atoms with van der Waals surface area (Å²) in [6.45, 7) is 4.19. The van der Waals surface area contributed by atoms with Gasteiger partial charge in [0, 0.05) is 18.2 Å². The third kappa shape index (κ3) is 6.10. The standard InChI is InChI=1S/C19H20N2O4/c1-14-6-9-18(10-7-14)25-13-15(2)20-19(22)11-8-16-4-3-5-17(12-16)21(23)24/h3-12,15H,13H2,1-2H3,(H,20,22). The van der Waals surface area contributed by atoms with E-state index in [1.807, 2.05) is 38.1 Å². The van der Waals surface area contributed by atoms with E-state index in [0.717, 1.165) is 11.3 Å². The third-order valence-corrected chi connectivity index (χ3v) is 3.42. The highest BCUT2D eigenvalue weighted by atomic mass is 16.6. The molecule has 0 aromatic heterocycles. The molecular weight excluding hydrogens is 320 g/mol. The fraction of sp³-hybridized carbons (Fsp3) is 0.211. The fourth-order valence-electron chi connectivity index (χ4n) is 2.10. The van der Waals surface area contributed by atoms with Crippen LogP contribution in [0.25, 0.3) is 6.08 Å². The maximum Gasteiger partial charge on any atom is 0.270 e. The molecule has 1 unspecified atom stereocenters. The number of benzene rings is 2. The molecule has 1 atom stereocenters. The Hall–Kier alpha value is -3.15. The Morgan fingerprint density at radius 1 is 1.28 bits per heavy atom. The average Bonchev–Trinajstić information content (AvgIpc) is 2.60. The predicted octanol–water partition coefficient (Wildman–Crippen LogP) is 3.50. The van der Waals surface area contributed by atoms with E-state index in [1.165, 1.54) is 24.3 Å². The molecule has 0 bridgehead atoms. The van der Waals surface area contributed by atoms with Gasteiger partial charge in [-0.15, -0.1) is 0 Å². The molecule has 0 saturated carbocycles. The van der Waals surface area contributed by atoms with Crippen LogP contribution in [0.15, 0.2) is 54.6 Å². The van der Waals surface area contributed by atoms with E-state index in [-0.39, 0.29) is 17.6 Å². The average molecular weight is 340 g/mol. The second kappa shape index (κ2) is 8.63. The topological polar surface area (TPSA) is 81.5 Å². The summed E-state index contributed by atoms with van der Waals surface area (Å²) in [6, 6.07) is 13.6. The molecule has 0 heterocycles. The van der Waals surface area contributed by atoms with Gasteiger partial charge in [-0.3, -0.25) is 14.9 Å². The van der Waals surface area contributed by atoms with Gasteiger partial charge in [0.05, 0.1) is 11.0 Å². The summed E-state index contributed by atoms with van der Waals surface area (Å²) in [5.41, 5.74) is 1.73.